The summed E-state index contributed by atoms with van der Waals surface area (Å²) in [6.45, 7) is 2.03. The van der Waals surface area contributed by atoms with E-state index in [2.05, 4.69) is 5.32 Å². The van der Waals surface area contributed by atoms with E-state index in [1.165, 1.54) is 4.31 Å². The Morgan fingerprint density at radius 3 is 2.61 bits per heavy atom. The zero-order valence-electron chi connectivity index (χ0n) is 16.1. The number of carbonyl (C=O) groups is 1. The molecule has 2 atom stereocenters. The lowest BCUT2D eigenvalue weighted by Gasteiger charge is -2.21. The van der Waals surface area contributed by atoms with Gasteiger partial charge in [0.1, 0.15) is 11.5 Å². The first kappa shape index (κ1) is 20.0. The summed E-state index contributed by atoms with van der Waals surface area (Å²) in [6.07, 6.45) is 0.588. The van der Waals surface area contributed by atoms with Crippen LogP contribution in [0.15, 0.2) is 48.5 Å². The summed E-state index contributed by atoms with van der Waals surface area (Å²) in [6, 6.07) is 14.0. The summed E-state index contributed by atoms with van der Waals surface area (Å²) >= 11 is 0. The van der Waals surface area contributed by atoms with E-state index in [1.807, 2.05) is 31.2 Å². The molecule has 1 N–H and O–H groups in total. The van der Waals surface area contributed by atoms with E-state index in [0.717, 1.165) is 11.8 Å². The van der Waals surface area contributed by atoms with Crippen molar-refractivity contribution in [2.75, 3.05) is 24.2 Å². The van der Waals surface area contributed by atoms with Gasteiger partial charge in [0.25, 0.3) is 5.91 Å². The molecule has 0 saturated carbocycles. The SMILES string of the molecule is COc1ccccc1[C@H](C)NC(=O)[C@@H]1CCN(S(C)(=O)=O)c2ccccc2O1. The first-order valence-corrected chi connectivity index (χ1v) is 10.8. The number of nitrogens with zero attached hydrogens (tertiary/aromatic N) is 1. The van der Waals surface area contributed by atoms with Gasteiger partial charge in [0.2, 0.25) is 10.0 Å². The third kappa shape index (κ3) is 4.22. The molecule has 7 nitrogen and oxygen atoms in total. The number of hydrogen-bond donors (Lipinski definition) is 1. The maximum Gasteiger partial charge on any atom is 0.261 e. The second-order valence-electron chi connectivity index (χ2n) is 6.67. The molecule has 0 unspecified atom stereocenters. The van der Waals surface area contributed by atoms with Crippen molar-refractivity contribution in [1.82, 2.24) is 5.32 Å². The highest BCUT2D eigenvalue weighted by Gasteiger charge is 2.31. The maximum atomic E-state index is 12.9. The summed E-state index contributed by atoms with van der Waals surface area (Å²) in [5, 5.41) is 2.94. The Hall–Kier alpha value is -2.74. The van der Waals surface area contributed by atoms with Gasteiger partial charge in [-0.2, -0.15) is 0 Å². The van der Waals surface area contributed by atoms with Crippen molar-refractivity contribution in [2.45, 2.75) is 25.5 Å². The van der Waals surface area contributed by atoms with Gasteiger partial charge in [-0.1, -0.05) is 30.3 Å². The van der Waals surface area contributed by atoms with Gasteiger partial charge in [0, 0.05) is 18.5 Å². The topological polar surface area (TPSA) is 84.9 Å². The molecule has 1 heterocycles. The summed E-state index contributed by atoms with van der Waals surface area (Å²) in [5.41, 5.74) is 1.29. The number of rotatable bonds is 5. The number of hydrogen-bond acceptors (Lipinski definition) is 5. The van der Waals surface area contributed by atoms with Crippen LogP contribution in [0.5, 0.6) is 11.5 Å². The van der Waals surface area contributed by atoms with Crippen LogP contribution in [-0.4, -0.2) is 40.3 Å². The monoisotopic (exact) mass is 404 g/mol. The molecule has 0 fully saturated rings. The van der Waals surface area contributed by atoms with Crippen molar-refractivity contribution in [2.24, 2.45) is 0 Å². The molecule has 3 rings (SSSR count). The molecule has 1 aliphatic heterocycles. The fraction of sp³-hybridized carbons (Fsp3) is 0.350. The lowest BCUT2D eigenvalue weighted by Crippen LogP contribution is -2.40. The molecular weight excluding hydrogens is 380 g/mol. The van der Waals surface area contributed by atoms with Crippen LogP contribution in [0.4, 0.5) is 5.69 Å². The number of ether oxygens (including phenoxy) is 2. The molecule has 0 aromatic heterocycles. The number of carbonyl (C=O) groups excluding carboxylic acids is 1. The molecule has 0 radical (unpaired) electrons. The van der Waals surface area contributed by atoms with Gasteiger partial charge < -0.3 is 14.8 Å². The predicted molar refractivity (Wildman–Crippen MR) is 107 cm³/mol. The first-order chi connectivity index (χ1) is 13.3. The minimum absolute atomic E-state index is 0.164. The van der Waals surface area contributed by atoms with E-state index in [1.54, 1.807) is 31.4 Å². The number of nitrogens with one attached hydrogen (secondary N) is 1. The van der Waals surface area contributed by atoms with Gasteiger partial charge in [-0.05, 0) is 25.1 Å². The number of sulfonamides is 1. The van der Waals surface area contributed by atoms with Crippen LogP contribution in [-0.2, 0) is 14.8 Å². The van der Waals surface area contributed by atoms with E-state index in [4.69, 9.17) is 9.47 Å². The highest BCUT2D eigenvalue weighted by Crippen LogP contribution is 2.34. The molecule has 28 heavy (non-hydrogen) atoms. The molecule has 2 aromatic carbocycles. The second kappa shape index (κ2) is 8.10. The summed E-state index contributed by atoms with van der Waals surface area (Å²) in [7, 11) is -1.90. The third-order valence-corrected chi connectivity index (χ3v) is 5.83. The largest absolute Gasteiger partial charge is 0.496 e. The molecule has 0 spiro atoms. The maximum absolute atomic E-state index is 12.9. The number of anilines is 1. The average Bonchev–Trinajstić information content (AvgIpc) is 2.87. The standard InChI is InChI=1S/C20H24N2O5S/c1-14(15-8-4-6-10-17(15)26-2)21-20(23)19-12-13-22(28(3,24)25)16-9-5-7-11-18(16)27-19/h4-11,14,19H,12-13H2,1-3H3,(H,21,23)/t14-,19-/m0/s1. The van der Waals surface area contributed by atoms with Gasteiger partial charge >= 0.3 is 0 Å². The van der Waals surface area contributed by atoms with E-state index < -0.39 is 16.1 Å². The van der Waals surface area contributed by atoms with Gasteiger partial charge in [-0.25, -0.2) is 8.42 Å². The Morgan fingerprint density at radius 1 is 1.21 bits per heavy atom. The molecule has 0 saturated heterocycles. The van der Waals surface area contributed by atoms with Crippen molar-refractivity contribution < 1.29 is 22.7 Å². The van der Waals surface area contributed by atoms with Crippen molar-refractivity contribution in [3.63, 3.8) is 0 Å². The van der Waals surface area contributed by atoms with Crippen LogP contribution in [0.1, 0.15) is 24.9 Å². The van der Waals surface area contributed by atoms with Crippen LogP contribution in [0, 0.1) is 0 Å². The highest BCUT2D eigenvalue weighted by atomic mass is 32.2. The average molecular weight is 404 g/mol. The Bertz CT molecular complexity index is 961. The number of fused-ring (bicyclic) bond motifs is 1. The Morgan fingerprint density at radius 2 is 1.89 bits per heavy atom. The fourth-order valence-corrected chi connectivity index (χ4v) is 4.21. The summed E-state index contributed by atoms with van der Waals surface area (Å²) in [5.74, 6) is 0.754. The summed E-state index contributed by atoms with van der Waals surface area (Å²) < 4.78 is 36.9. The van der Waals surface area contributed by atoms with Gasteiger partial charge in [-0.15, -0.1) is 0 Å². The zero-order chi connectivity index (χ0) is 20.3. The van der Waals surface area contributed by atoms with Crippen LogP contribution in [0.2, 0.25) is 0 Å². The summed E-state index contributed by atoms with van der Waals surface area (Å²) in [4.78, 5) is 12.9. The van der Waals surface area contributed by atoms with E-state index >= 15 is 0 Å². The third-order valence-electron chi connectivity index (χ3n) is 4.65. The minimum atomic E-state index is -3.48. The van der Waals surface area contributed by atoms with Gasteiger partial charge in [0.05, 0.1) is 25.1 Å². The molecular formula is C20H24N2O5S. The Labute approximate surface area is 165 Å². The van der Waals surface area contributed by atoms with E-state index in [9.17, 15) is 13.2 Å². The highest BCUT2D eigenvalue weighted by molar-refractivity contribution is 7.92. The van der Waals surface area contributed by atoms with E-state index in [0.29, 0.717) is 17.2 Å². The Balaban J connectivity index is 1.80. The molecule has 0 aliphatic carbocycles. The smallest absolute Gasteiger partial charge is 0.261 e. The van der Waals surface area contributed by atoms with E-state index in [-0.39, 0.29) is 24.9 Å². The number of benzene rings is 2. The molecule has 1 aliphatic rings. The predicted octanol–water partition coefficient (Wildman–Crippen LogP) is 2.49. The Kier molecular flexibility index (Phi) is 5.79. The quantitative estimate of drug-likeness (QED) is 0.828. The number of amides is 1. The van der Waals surface area contributed by atoms with Gasteiger partial charge in [-0.3, -0.25) is 9.10 Å². The van der Waals surface area contributed by atoms with Crippen molar-refractivity contribution >= 4 is 21.6 Å². The first-order valence-electron chi connectivity index (χ1n) is 8.98. The van der Waals surface area contributed by atoms with Crippen LogP contribution >= 0.6 is 0 Å². The fourth-order valence-electron chi connectivity index (χ4n) is 3.27. The zero-order valence-corrected chi connectivity index (χ0v) is 16.9. The van der Waals surface area contributed by atoms with Gasteiger partial charge in [0.15, 0.2) is 6.10 Å². The lowest BCUT2D eigenvalue weighted by molar-refractivity contribution is -0.128. The molecule has 150 valence electrons. The van der Waals surface area contributed by atoms with Crippen LogP contribution in [0.3, 0.4) is 0 Å². The van der Waals surface area contributed by atoms with Crippen LogP contribution < -0.4 is 19.1 Å². The molecule has 0 bridgehead atoms. The van der Waals surface area contributed by atoms with Crippen LogP contribution in [0.25, 0.3) is 0 Å². The number of methoxy groups -OCH3 is 1. The second-order valence-corrected chi connectivity index (χ2v) is 8.58. The molecule has 8 heteroatoms. The lowest BCUT2D eigenvalue weighted by atomic mass is 10.1. The normalized spacial score (nSPS) is 17.7. The molecule has 1 amide bonds. The number of para-hydroxylation sites is 3. The van der Waals surface area contributed by atoms with Crippen molar-refractivity contribution in [3.8, 4) is 11.5 Å². The van der Waals surface area contributed by atoms with Crippen molar-refractivity contribution in [3.05, 3.63) is 54.1 Å². The molecule has 2 aromatic rings. The minimum Gasteiger partial charge on any atom is -0.496 e. The van der Waals surface area contributed by atoms with Crippen molar-refractivity contribution in [1.29, 1.82) is 0 Å².